The lowest BCUT2D eigenvalue weighted by Gasteiger charge is -2.37. The van der Waals surface area contributed by atoms with Crippen molar-refractivity contribution in [2.45, 2.75) is 46.7 Å². The predicted octanol–water partition coefficient (Wildman–Crippen LogP) is 4.88. The number of amides is 1. The topological polar surface area (TPSA) is 89.5 Å². The molecule has 0 saturated carbocycles. The van der Waals surface area contributed by atoms with E-state index in [4.69, 9.17) is 19.2 Å². The average Bonchev–Trinajstić information content (AvgIpc) is 3.49. The Bertz CT molecular complexity index is 1360. The molecule has 1 atom stereocenters. The molecule has 3 aliphatic heterocycles. The summed E-state index contributed by atoms with van der Waals surface area (Å²) >= 11 is 1.46. The van der Waals surface area contributed by atoms with Crippen LogP contribution in [0.4, 0.5) is 0 Å². The van der Waals surface area contributed by atoms with Crippen LogP contribution < -0.4 is 14.8 Å². The van der Waals surface area contributed by atoms with E-state index in [2.05, 4.69) is 11.4 Å². The predicted molar refractivity (Wildman–Crippen MR) is 142 cm³/mol. The molecule has 1 amide bonds. The molecule has 37 heavy (non-hydrogen) atoms. The second kappa shape index (κ2) is 10.3. The summed E-state index contributed by atoms with van der Waals surface area (Å²) in [5.41, 5.74) is 6.00. The van der Waals surface area contributed by atoms with E-state index < -0.39 is 12.0 Å². The molecule has 1 unspecified atom stereocenters. The highest BCUT2D eigenvalue weighted by molar-refractivity contribution is 8.16. The number of nitrogens with one attached hydrogen (secondary N) is 1. The minimum absolute atomic E-state index is 0.130. The van der Waals surface area contributed by atoms with Crippen LogP contribution in [0.2, 0.25) is 0 Å². The zero-order valence-corrected chi connectivity index (χ0v) is 22.1. The Morgan fingerprint density at radius 2 is 1.95 bits per heavy atom. The Morgan fingerprint density at radius 3 is 2.73 bits per heavy atom. The maximum Gasteiger partial charge on any atom is 0.338 e. The molecule has 0 aliphatic carbocycles. The highest BCUT2D eigenvalue weighted by Crippen LogP contribution is 2.45. The number of hydrogen-bond acceptors (Lipinski definition) is 8. The number of amidine groups is 1. The third kappa shape index (κ3) is 4.96. The minimum atomic E-state index is -0.435. The Labute approximate surface area is 220 Å². The molecule has 0 fully saturated rings. The fraction of sp³-hybridized carbons (Fsp3) is 0.321. The molecule has 192 valence electrons. The van der Waals surface area contributed by atoms with Crippen molar-refractivity contribution in [1.29, 1.82) is 0 Å². The third-order valence-electron chi connectivity index (χ3n) is 6.48. The van der Waals surface area contributed by atoms with E-state index >= 15 is 0 Å². The van der Waals surface area contributed by atoms with E-state index in [0.717, 1.165) is 33.1 Å². The minimum Gasteiger partial charge on any atom is -0.463 e. The van der Waals surface area contributed by atoms with Crippen molar-refractivity contribution in [2.75, 3.05) is 13.4 Å². The Kier molecular flexibility index (Phi) is 6.97. The van der Waals surface area contributed by atoms with Gasteiger partial charge < -0.3 is 24.4 Å². The van der Waals surface area contributed by atoms with Crippen LogP contribution in [0.3, 0.4) is 0 Å². The van der Waals surface area contributed by atoms with Crippen LogP contribution in [0.15, 0.2) is 63.8 Å². The number of thioether (sulfide) groups is 1. The molecule has 0 radical (unpaired) electrons. The maximum absolute atomic E-state index is 13.1. The van der Waals surface area contributed by atoms with E-state index in [1.807, 2.05) is 61.4 Å². The summed E-state index contributed by atoms with van der Waals surface area (Å²) in [6.07, 6.45) is 0.146. The molecule has 1 N–H and O–H groups in total. The zero-order valence-electron chi connectivity index (χ0n) is 21.3. The van der Waals surface area contributed by atoms with Gasteiger partial charge in [0.15, 0.2) is 16.7 Å². The zero-order chi connectivity index (χ0) is 26.1. The Morgan fingerprint density at radius 1 is 1.14 bits per heavy atom. The number of carbonyl (C=O) groups is 2. The van der Waals surface area contributed by atoms with Crippen molar-refractivity contribution in [1.82, 2.24) is 10.2 Å². The van der Waals surface area contributed by atoms with Crippen LogP contribution in [0.25, 0.3) is 0 Å². The summed E-state index contributed by atoms with van der Waals surface area (Å²) in [6.45, 7) is 8.55. The second-order valence-corrected chi connectivity index (χ2v) is 9.95. The molecule has 3 heterocycles. The number of hydrogen-bond donors (Lipinski definition) is 1. The van der Waals surface area contributed by atoms with Gasteiger partial charge in [0.1, 0.15) is 0 Å². The van der Waals surface area contributed by atoms with E-state index in [1.165, 1.54) is 11.8 Å². The van der Waals surface area contributed by atoms with Crippen LogP contribution in [0.5, 0.6) is 11.5 Å². The van der Waals surface area contributed by atoms with Gasteiger partial charge in [-0.2, -0.15) is 0 Å². The van der Waals surface area contributed by atoms with Gasteiger partial charge >= 0.3 is 5.97 Å². The van der Waals surface area contributed by atoms with Crippen molar-refractivity contribution in [3.8, 4) is 11.5 Å². The molecule has 2 aromatic rings. The monoisotopic (exact) mass is 519 g/mol. The number of benzene rings is 2. The largest absolute Gasteiger partial charge is 0.463 e. The molecular formula is C28H29N3O5S. The molecule has 0 saturated heterocycles. The van der Waals surface area contributed by atoms with Crippen molar-refractivity contribution < 1.29 is 23.8 Å². The van der Waals surface area contributed by atoms with Gasteiger partial charge in [0.25, 0.3) is 0 Å². The van der Waals surface area contributed by atoms with Gasteiger partial charge in [0.05, 0.1) is 30.3 Å². The summed E-state index contributed by atoms with van der Waals surface area (Å²) in [5, 5.41) is 5.68. The number of aryl methyl sites for hydroxylation is 2. The van der Waals surface area contributed by atoms with E-state index in [1.54, 1.807) is 6.92 Å². The van der Waals surface area contributed by atoms with E-state index in [0.29, 0.717) is 29.3 Å². The fourth-order valence-corrected chi connectivity index (χ4v) is 5.71. The summed E-state index contributed by atoms with van der Waals surface area (Å²) in [7, 11) is 0. The Balaban J connectivity index is 1.39. The number of aliphatic imine (C=N–C) groups is 1. The summed E-state index contributed by atoms with van der Waals surface area (Å²) in [5.74, 6) is 0.865. The summed E-state index contributed by atoms with van der Waals surface area (Å²) < 4.78 is 16.2. The van der Waals surface area contributed by atoms with Crippen LogP contribution in [-0.2, 0) is 20.9 Å². The molecule has 9 heteroatoms. The van der Waals surface area contributed by atoms with E-state index in [-0.39, 0.29) is 25.7 Å². The average molecular weight is 520 g/mol. The van der Waals surface area contributed by atoms with Crippen LogP contribution in [0, 0.1) is 13.8 Å². The molecule has 2 aromatic carbocycles. The summed E-state index contributed by atoms with van der Waals surface area (Å²) in [6, 6.07) is 11.4. The van der Waals surface area contributed by atoms with Gasteiger partial charge in [0.2, 0.25) is 12.7 Å². The van der Waals surface area contributed by atoms with Crippen LogP contribution in [0.1, 0.15) is 48.6 Å². The number of allylic oxidation sites excluding steroid dienone is 1. The first-order valence-corrected chi connectivity index (χ1v) is 13.1. The molecule has 0 spiro atoms. The first-order chi connectivity index (χ1) is 17.9. The summed E-state index contributed by atoms with van der Waals surface area (Å²) in [4.78, 5) is 32.9. The number of carbonyl (C=O) groups excluding carboxylic acids is 2. The highest BCUT2D eigenvalue weighted by Gasteiger charge is 2.41. The second-order valence-electron chi connectivity index (χ2n) is 9.11. The van der Waals surface area contributed by atoms with Crippen molar-refractivity contribution in [3.05, 3.63) is 81.0 Å². The Hall–Kier alpha value is -3.72. The van der Waals surface area contributed by atoms with Crippen LogP contribution >= 0.6 is 11.8 Å². The molecule has 0 bridgehead atoms. The van der Waals surface area contributed by atoms with Gasteiger partial charge in [-0.15, -0.1) is 0 Å². The SMILES string of the molecule is CCOC(=O)C1=C(C)N=C2SC=C(CC(=O)NCc3ccc4c(c3)OCO4)N2C1c1ccc(C)cc1C. The lowest BCUT2D eigenvalue weighted by atomic mass is 9.90. The number of rotatable bonds is 7. The van der Waals surface area contributed by atoms with Crippen molar-refractivity contribution in [3.63, 3.8) is 0 Å². The number of nitrogens with zero attached hydrogens (tertiary/aromatic N) is 2. The molecule has 8 nitrogen and oxygen atoms in total. The quantitative estimate of drug-likeness (QED) is 0.522. The normalized spacial score (nSPS) is 17.8. The van der Waals surface area contributed by atoms with E-state index in [9.17, 15) is 9.59 Å². The van der Waals surface area contributed by atoms with Gasteiger partial charge in [-0.3, -0.25) is 4.79 Å². The lowest BCUT2D eigenvalue weighted by Crippen LogP contribution is -2.38. The highest BCUT2D eigenvalue weighted by atomic mass is 32.2. The third-order valence-corrected chi connectivity index (χ3v) is 7.37. The van der Waals surface area contributed by atoms with Gasteiger partial charge in [-0.1, -0.05) is 41.6 Å². The van der Waals surface area contributed by atoms with Crippen molar-refractivity contribution >= 4 is 28.8 Å². The molecule has 3 aliphatic rings. The fourth-order valence-electron chi connectivity index (χ4n) is 4.74. The van der Waals surface area contributed by atoms with Gasteiger partial charge in [-0.05, 0) is 61.9 Å². The standard InChI is InChI=1S/C28H29N3O5S/c1-5-34-27(33)25-18(4)30-28-31(26(25)21-8-6-16(2)10-17(21)3)20(14-37-28)12-24(32)29-13-19-7-9-22-23(11-19)36-15-35-22/h6-11,14,26H,5,12-13,15H2,1-4H3,(H,29,32). The molecule has 5 rings (SSSR count). The maximum atomic E-state index is 13.1. The van der Waals surface area contributed by atoms with Gasteiger partial charge in [0, 0.05) is 12.2 Å². The first-order valence-electron chi connectivity index (χ1n) is 12.2. The van der Waals surface area contributed by atoms with Gasteiger partial charge in [-0.25, -0.2) is 9.79 Å². The smallest absolute Gasteiger partial charge is 0.338 e. The first kappa shape index (κ1) is 25.0. The number of ether oxygens (including phenoxy) is 3. The number of fused-ring (bicyclic) bond motifs is 2. The van der Waals surface area contributed by atoms with Crippen molar-refractivity contribution in [2.24, 2.45) is 4.99 Å². The van der Waals surface area contributed by atoms with Crippen LogP contribution in [-0.4, -0.2) is 35.3 Å². The lowest BCUT2D eigenvalue weighted by molar-refractivity contribution is -0.139. The molecular weight excluding hydrogens is 490 g/mol. The molecule has 0 aromatic heterocycles. The number of esters is 1.